The van der Waals surface area contributed by atoms with Gasteiger partial charge in [-0.2, -0.15) is 0 Å². The van der Waals surface area contributed by atoms with Crippen LogP contribution in [0.5, 0.6) is 0 Å². The highest BCUT2D eigenvalue weighted by molar-refractivity contribution is 8.00. The molecule has 0 spiro atoms. The molecule has 2 aliphatic rings. The summed E-state index contributed by atoms with van der Waals surface area (Å²) in [6.45, 7) is 6.09. The Kier molecular flexibility index (Phi) is 4.50. The van der Waals surface area contributed by atoms with E-state index in [-0.39, 0.29) is 11.8 Å². The summed E-state index contributed by atoms with van der Waals surface area (Å²) in [5, 5.41) is 3.06. The Labute approximate surface area is 164 Å². The van der Waals surface area contributed by atoms with Crippen LogP contribution in [0.2, 0.25) is 0 Å². The molecule has 2 amide bonds. The van der Waals surface area contributed by atoms with Crippen molar-refractivity contribution in [2.45, 2.75) is 44.5 Å². The van der Waals surface area contributed by atoms with Crippen LogP contribution in [0, 0.1) is 20.8 Å². The van der Waals surface area contributed by atoms with Crippen LogP contribution in [0.4, 0.5) is 5.69 Å². The number of carbonyl (C=O) groups excluding carboxylic acids is 2. The first-order chi connectivity index (χ1) is 12.9. The number of nitrogens with zero attached hydrogens (tertiary/aromatic N) is 1. The Morgan fingerprint density at radius 3 is 2.63 bits per heavy atom. The first-order valence-electron chi connectivity index (χ1n) is 9.33. The van der Waals surface area contributed by atoms with E-state index in [1.165, 1.54) is 5.56 Å². The molecule has 140 valence electrons. The van der Waals surface area contributed by atoms with Gasteiger partial charge in [0.25, 0.3) is 0 Å². The van der Waals surface area contributed by atoms with E-state index in [1.807, 2.05) is 36.9 Å². The maximum absolute atomic E-state index is 13.1. The monoisotopic (exact) mass is 380 g/mol. The molecule has 2 heterocycles. The quantitative estimate of drug-likeness (QED) is 0.871. The lowest BCUT2D eigenvalue weighted by Crippen LogP contribution is -2.48. The third kappa shape index (κ3) is 2.94. The third-order valence-corrected chi connectivity index (χ3v) is 7.39. The molecule has 4 nitrogen and oxygen atoms in total. The fraction of sp³-hybridized carbons (Fsp3) is 0.364. The molecular formula is C22H24N2O2S. The predicted molar refractivity (Wildman–Crippen MR) is 110 cm³/mol. The van der Waals surface area contributed by atoms with Crippen molar-refractivity contribution >= 4 is 29.3 Å². The molecule has 2 aromatic carbocycles. The highest BCUT2D eigenvalue weighted by atomic mass is 32.2. The van der Waals surface area contributed by atoms with E-state index in [4.69, 9.17) is 0 Å². The third-order valence-electron chi connectivity index (χ3n) is 5.80. The zero-order valence-electron chi connectivity index (χ0n) is 15.9. The second kappa shape index (κ2) is 6.71. The minimum absolute atomic E-state index is 0.0710. The molecule has 5 heteroatoms. The van der Waals surface area contributed by atoms with E-state index < -0.39 is 10.9 Å². The molecule has 27 heavy (non-hydrogen) atoms. The largest absolute Gasteiger partial charge is 0.324 e. The lowest BCUT2D eigenvalue weighted by Gasteiger charge is -2.34. The van der Waals surface area contributed by atoms with Crippen LogP contribution in [0.1, 0.15) is 35.1 Å². The maximum Gasteiger partial charge on any atom is 0.248 e. The molecule has 1 N–H and O–H groups in total. The average Bonchev–Trinajstić information content (AvgIpc) is 3.19. The molecular weight excluding hydrogens is 356 g/mol. The number of aryl methyl sites for hydroxylation is 2. The van der Waals surface area contributed by atoms with Gasteiger partial charge in [-0.25, -0.2) is 0 Å². The van der Waals surface area contributed by atoms with E-state index >= 15 is 0 Å². The highest BCUT2D eigenvalue weighted by Gasteiger charge is 2.56. The Balaban J connectivity index is 1.63. The molecule has 2 fully saturated rings. The molecule has 0 aromatic heterocycles. The number of thioether (sulfide) groups is 1. The molecule has 4 rings (SSSR count). The van der Waals surface area contributed by atoms with Crippen molar-refractivity contribution in [3.8, 4) is 0 Å². The SMILES string of the molecule is Cc1ccc([C@@]23CCC(=O)N2[C@@H](C(=O)Nc2cccc(C)c2C)CS3)cc1. The van der Waals surface area contributed by atoms with Crippen LogP contribution in [0.15, 0.2) is 42.5 Å². The molecule has 2 saturated heterocycles. The molecule has 0 unspecified atom stereocenters. The molecule has 2 atom stereocenters. The van der Waals surface area contributed by atoms with Gasteiger partial charge in [0.2, 0.25) is 11.8 Å². The van der Waals surface area contributed by atoms with Crippen LogP contribution in [0.3, 0.4) is 0 Å². The van der Waals surface area contributed by atoms with Gasteiger partial charge in [-0.1, -0.05) is 42.0 Å². The summed E-state index contributed by atoms with van der Waals surface area (Å²) in [7, 11) is 0. The zero-order chi connectivity index (χ0) is 19.2. The summed E-state index contributed by atoms with van der Waals surface area (Å²) in [6.07, 6.45) is 1.25. The summed E-state index contributed by atoms with van der Waals surface area (Å²) in [4.78, 5) is 27.2. The predicted octanol–water partition coefficient (Wildman–Crippen LogP) is 4.14. The van der Waals surface area contributed by atoms with Crippen LogP contribution >= 0.6 is 11.8 Å². The van der Waals surface area contributed by atoms with Crippen molar-refractivity contribution in [3.63, 3.8) is 0 Å². The maximum atomic E-state index is 13.1. The minimum Gasteiger partial charge on any atom is -0.324 e. The number of fused-ring (bicyclic) bond motifs is 1. The van der Waals surface area contributed by atoms with Crippen LogP contribution in [0.25, 0.3) is 0 Å². The van der Waals surface area contributed by atoms with E-state index in [2.05, 4.69) is 36.5 Å². The van der Waals surface area contributed by atoms with E-state index in [0.717, 1.165) is 28.8 Å². The van der Waals surface area contributed by atoms with Crippen molar-refractivity contribution < 1.29 is 9.59 Å². The van der Waals surface area contributed by atoms with Crippen LogP contribution < -0.4 is 5.32 Å². The zero-order valence-corrected chi connectivity index (χ0v) is 16.7. The Morgan fingerprint density at radius 2 is 1.89 bits per heavy atom. The van der Waals surface area contributed by atoms with Crippen molar-refractivity contribution in [3.05, 3.63) is 64.7 Å². The summed E-state index contributed by atoms with van der Waals surface area (Å²) in [5.41, 5.74) is 5.34. The van der Waals surface area contributed by atoms with Crippen molar-refractivity contribution in [2.75, 3.05) is 11.1 Å². The smallest absolute Gasteiger partial charge is 0.248 e. The Morgan fingerprint density at radius 1 is 1.15 bits per heavy atom. The van der Waals surface area contributed by atoms with Gasteiger partial charge in [-0.05, 0) is 49.9 Å². The lowest BCUT2D eigenvalue weighted by atomic mass is 10.0. The average molecular weight is 381 g/mol. The molecule has 0 bridgehead atoms. The van der Waals surface area contributed by atoms with Gasteiger partial charge in [0, 0.05) is 17.9 Å². The normalized spacial score (nSPS) is 24.2. The first kappa shape index (κ1) is 18.1. The van der Waals surface area contributed by atoms with Gasteiger partial charge in [0.15, 0.2) is 0 Å². The van der Waals surface area contributed by atoms with Crippen LogP contribution in [-0.2, 0) is 14.5 Å². The number of carbonyl (C=O) groups is 2. The summed E-state index contributed by atoms with van der Waals surface area (Å²) >= 11 is 1.72. The number of rotatable bonds is 3. The van der Waals surface area contributed by atoms with Gasteiger partial charge in [0.05, 0.1) is 0 Å². The molecule has 0 radical (unpaired) electrons. The number of anilines is 1. The highest BCUT2D eigenvalue weighted by Crippen LogP contribution is 2.54. The van der Waals surface area contributed by atoms with Gasteiger partial charge in [-0.15, -0.1) is 11.8 Å². The number of nitrogens with one attached hydrogen (secondary N) is 1. The van der Waals surface area contributed by atoms with E-state index in [9.17, 15) is 9.59 Å². The Bertz CT molecular complexity index is 909. The Hall–Kier alpha value is -2.27. The molecule has 0 aliphatic carbocycles. The van der Waals surface area contributed by atoms with Gasteiger partial charge in [-0.3, -0.25) is 9.59 Å². The second-order valence-electron chi connectivity index (χ2n) is 7.48. The second-order valence-corrected chi connectivity index (χ2v) is 8.78. The first-order valence-corrected chi connectivity index (χ1v) is 10.3. The van der Waals surface area contributed by atoms with Crippen molar-refractivity contribution in [1.82, 2.24) is 4.90 Å². The lowest BCUT2D eigenvalue weighted by molar-refractivity contribution is -0.136. The fourth-order valence-corrected chi connectivity index (χ4v) is 5.70. The van der Waals surface area contributed by atoms with E-state index in [1.54, 1.807) is 11.8 Å². The number of amides is 2. The molecule has 0 saturated carbocycles. The summed E-state index contributed by atoms with van der Waals surface area (Å²) in [6, 6.07) is 13.8. The van der Waals surface area contributed by atoms with Gasteiger partial charge < -0.3 is 10.2 Å². The molecule has 2 aromatic rings. The number of benzene rings is 2. The summed E-state index contributed by atoms with van der Waals surface area (Å²) in [5.74, 6) is 0.596. The number of hydrogen-bond donors (Lipinski definition) is 1. The molecule has 2 aliphatic heterocycles. The van der Waals surface area contributed by atoms with Gasteiger partial charge in [0.1, 0.15) is 10.9 Å². The topological polar surface area (TPSA) is 49.4 Å². The van der Waals surface area contributed by atoms with Crippen LogP contribution in [-0.4, -0.2) is 28.5 Å². The number of hydrogen-bond acceptors (Lipinski definition) is 3. The summed E-state index contributed by atoms with van der Waals surface area (Å²) < 4.78 is 0. The van der Waals surface area contributed by atoms with Gasteiger partial charge >= 0.3 is 0 Å². The van der Waals surface area contributed by atoms with E-state index in [0.29, 0.717) is 12.2 Å². The standard InChI is InChI=1S/C22H24N2O2S/c1-14-7-9-17(10-8-14)22-12-11-20(25)24(22)19(13-27-22)21(26)23-18-6-4-5-15(2)16(18)3/h4-10,19H,11-13H2,1-3H3,(H,23,26)/t19-,22+/m1/s1. The fourth-order valence-electron chi connectivity index (χ4n) is 4.05. The van der Waals surface area contributed by atoms with Crippen molar-refractivity contribution in [2.24, 2.45) is 0 Å². The minimum atomic E-state index is -0.439. The van der Waals surface area contributed by atoms with Crippen molar-refractivity contribution in [1.29, 1.82) is 0 Å².